The van der Waals surface area contributed by atoms with E-state index in [0.717, 1.165) is 12.0 Å². The lowest BCUT2D eigenvalue weighted by molar-refractivity contribution is 0.667. The van der Waals surface area contributed by atoms with Crippen LogP contribution in [0.1, 0.15) is 43.7 Å². The van der Waals surface area contributed by atoms with Gasteiger partial charge in [-0.3, -0.25) is 0 Å². The number of unbranched alkanes of at least 4 members (excludes halogenated alkanes) is 3. The molecule has 3 heteroatoms. The first-order valence-corrected chi connectivity index (χ1v) is 7.15. The summed E-state index contributed by atoms with van der Waals surface area (Å²) in [4.78, 5) is 8.40. The highest BCUT2D eigenvalue weighted by Gasteiger charge is 2.01. The van der Waals surface area contributed by atoms with Crippen LogP contribution in [0.25, 0.3) is 11.4 Å². The standard InChI is InChI=1S/C17H19N3/c1-2-3-4-5-6-14-7-9-16(10-8-14)17-19-12-15(11-18)13-20-17/h7-10,12-13H,2-6H2,1H3. The number of rotatable bonds is 6. The SMILES string of the molecule is CCCCCCc1ccc(-c2ncc(C#N)cn2)cc1. The summed E-state index contributed by atoms with van der Waals surface area (Å²) in [5.74, 6) is 0.668. The number of aryl methyl sites for hydroxylation is 1. The Kier molecular flexibility index (Phi) is 5.25. The van der Waals surface area contributed by atoms with Gasteiger partial charge < -0.3 is 0 Å². The average Bonchev–Trinajstić information content (AvgIpc) is 2.52. The first-order valence-electron chi connectivity index (χ1n) is 7.15. The molecule has 1 aromatic heterocycles. The molecule has 0 radical (unpaired) electrons. The zero-order valence-corrected chi connectivity index (χ0v) is 11.8. The van der Waals surface area contributed by atoms with Gasteiger partial charge in [-0.05, 0) is 18.4 Å². The highest BCUT2D eigenvalue weighted by molar-refractivity contribution is 5.55. The number of hydrogen-bond acceptors (Lipinski definition) is 3. The summed E-state index contributed by atoms with van der Waals surface area (Å²) in [6.45, 7) is 2.23. The molecule has 1 aromatic carbocycles. The number of benzene rings is 1. The maximum atomic E-state index is 8.73. The average molecular weight is 265 g/mol. The molecule has 0 bridgehead atoms. The second-order valence-corrected chi connectivity index (χ2v) is 4.91. The van der Waals surface area contributed by atoms with Gasteiger partial charge in [0.1, 0.15) is 6.07 Å². The Morgan fingerprint density at radius 1 is 1.00 bits per heavy atom. The van der Waals surface area contributed by atoms with Gasteiger partial charge in [-0.15, -0.1) is 0 Å². The molecule has 1 heterocycles. The van der Waals surface area contributed by atoms with Crippen molar-refractivity contribution in [3.05, 3.63) is 47.8 Å². The van der Waals surface area contributed by atoms with Gasteiger partial charge in [0.05, 0.1) is 5.56 Å². The fraction of sp³-hybridized carbons (Fsp3) is 0.353. The molecule has 0 amide bonds. The normalized spacial score (nSPS) is 10.2. The Morgan fingerprint density at radius 2 is 1.70 bits per heavy atom. The Bertz CT molecular complexity index is 565. The van der Waals surface area contributed by atoms with Crippen molar-refractivity contribution in [3.8, 4) is 17.5 Å². The molecule has 0 aliphatic carbocycles. The topological polar surface area (TPSA) is 49.6 Å². The molecule has 0 atom stereocenters. The fourth-order valence-corrected chi connectivity index (χ4v) is 2.11. The lowest BCUT2D eigenvalue weighted by atomic mass is 10.0. The molecule has 3 nitrogen and oxygen atoms in total. The molecule has 0 saturated heterocycles. The second-order valence-electron chi connectivity index (χ2n) is 4.91. The number of nitriles is 1. The van der Waals surface area contributed by atoms with Gasteiger partial charge in [0.2, 0.25) is 0 Å². The summed E-state index contributed by atoms with van der Waals surface area (Å²) in [5.41, 5.74) is 2.84. The fourth-order valence-electron chi connectivity index (χ4n) is 2.11. The lowest BCUT2D eigenvalue weighted by Gasteiger charge is -2.03. The van der Waals surface area contributed by atoms with Crippen molar-refractivity contribution < 1.29 is 0 Å². The minimum Gasteiger partial charge on any atom is -0.235 e. The summed E-state index contributed by atoms with van der Waals surface area (Å²) in [7, 11) is 0. The van der Waals surface area contributed by atoms with Crippen LogP contribution < -0.4 is 0 Å². The third-order valence-electron chi connectivity index (χ3n) is 3.31. The molecule has 0 spiro atoms. The Balaban J connectivity index is 1.98. The Labute approximate surface area is 120 Å². The zero-order chi connectivity index (χ0) is 14.2. The van der Waals surface area contributed by atoms with E-state index in [1.807, 2.05) is 6.07 Å². The molecule has 2 aromatic rings. The molecule has 102 valence electrons. The smallest absolute Gasteiger partial charge is 0.159 e. The van der Waals surface area contributed by atoms with E-state index < -0.39 is 0 Å². The van der Waals surface area contributed by atoms with Crippen LogP contribution in [-0.4, -0.2) is 9.97 Å². The number of nitrogens with zero attached hydrogens (tertiary/aromatic N) is 3. The Morgan fingerprint density at radius 3 is 2.30 bits per heavy atom. The summed E-state index contributed by atoms with van der Waals surface area (Å²) >= 11 is 0. The van der Waals surface area contributed by atoms with Crippen LogP contribution in [0.15, 0.2) is 36.7 Å². The Hall–Kier alpha value is -2.21. The molecule has 0 aliphatic heterocycles. The molecule has 0 aliphatic rings. The zero-order valence-electron chi connectivity index (χ0n) is 11.8. The van der Waals surface area contributed by atoms with E-state index in [9.17, 15) is 0 Å². The van der Waals surface area contributed by atoms with Gasteiger partial charge in [-0.2, -0.15) is 5.26 Å². The highest BCUT2D eigenvalue weighted by Crippen LogP contribution is 2.16. The van der Waals surface area contributed by atoms with Crippen molar-refractivity contribution in [2.75, 3.05) is 0 Å². The maximum Gasteiger partial charge on any atom is 0.159 e. The predicted octanol–water partition coefficient (Wildman–Crippen LogP) is 4.14. The first kappa shape index (κ1) is 14.2. The largest absolute Gasteiger partial charge is 0.235 e. The molecule has 0 unspecified atom stereocenters. The summed E-state index contributed by atoms with van der Waals surface area (Å²) in [6, 6.07) is 10.4. The van der Waals surface area contributed by atoms with Gasteiger partial charge in [0.15, 0.2) is 5.82 Å². The van der Waals surface area contributed by atoms with E-state index in [1.54, 1.807) is 12.4 Å². The van der Waals surface area contributed by atoms with E-state index in [-0.39, 0.29) is 0 Å². The lowest BCUT2D eigenvalue weighted by Crippen LogP contribution is -1.91. The van der Waals surface area contributed by atoms with Crippen molar-refractivity contribution in [2.24, 2.45) is 0 Å². The molecular formula is C17H19N3. The predicted molar refractivity (Wildman–Crippen MR) is 80.0 cm³/mol. The van der Waals surface area contributed by atoms with Crippen molar-refractivity contribution in [3.63, 3.8) is 0 Å². The van der Waals surface area contributed by atoms with Crippen LogP contribution in [0.3, 0.4) is 0 Å². The van der Waals surface area contributed by atoms with E-state index >= 15 is 0 Å². The first-order chi connectivity index (χ1) is 9.83. The molecular weight excluding hydrogens is 246 g/mol. The van der Waals surface area contributed by atoms with Gasteiger partial charge in [-0.25, -0.2) is 9.97 Å². The summed E-state index contributed by atoms with van der Waals surface area (Å²) in [6.07, 6.45) is 9.39. The van der Waals surface area contributed by atoms with Crippen LogP contribution in [0.4, 0.5) is 0 Å². The van der Waals surface area contributed by atoms with E-state index in [1.165, 1.54) is 31.2 Å². The van der Waals surface area contributed by atoms with Crippen LogP contribution >= 0.6 is 0 Å². The number of aromatic nitrogens is 2. The second kappa shape index (κ2) is 7.40. The van der Waals surface area contributed by atoms with E-state index in [4.69, 9.17) is 5.26 Å². The number of hydrogen-bond donors (Lipinski definition) is 0. The monoisotopic (exact) mass is 265 g/mol. The molecule has 20 heavy (non-hydrogen) atoms. The van der Waals surface area contributed by atoms with Crippen LogP contribution in [0, 0.1) is 11.3 Å². The van der Waals surface area contributed by atoms with Crippen LogP contribution in [-0.2, 0) is 6.42 Å². The summed E-state index contributed by atoms with van der Waals surface area (Å²) in [5, 5.41) is 8.73. The third-order valence-corrected chi connectivity index (χ3v) is 3.31. The van der Waals surface area contributed by atoms with Gasteiger partial charge in [0, 0.05) is 18.0 Å². The third kappa shape index (κ3) is 3.89. The van der Waals surface area contributed by atoms with Gasteiger partial charge in [0.25, 0.3) is 0 Å². The summed E-state index contributed by atoms with van der Waals surface area (Å²) < 4.78 is 0. The molecule has 0 N–H and O–H groups in total. The van der Waals surface area contributed by atoms with Crippen molar-refractivity contribution in [1.29, 1.82) is 5.26 Å². The van der Waals surface area contributed by atoms with Gasteiger partial charge >= 0.3 is 0 Å². The van der Waals surface area contributed by atoms with E-state index in [0.29, 0.717) is 11.4 Å². The molecule has 0 fully saturated rings. The molecule has 0 saturated carbocycles. The van der Waals surface area contributed by atoms with Crippen LogP contribution in [0.2, 0.25) is 0 Å². The van der Waals surface area contributed by atoms with E-state index in [2.05, 4.69) is 41.2 Å². The molecule has 2 rings (SSSR count). The van der Waals surface area contributed by atoms with Crippen molar-refractivity contribution >= 4 is 0 Å². The van der Waals surface area contributed by atoms with Crippen molar-refractivity contribution in [2.45, 2.75) is 39.0 Å². The minimum atomic E-state index is 0.487. The van der Waals surface area contributed by atoms with Crippen molar-refractivity contribution in [1.82, 2.24) is 9.97 Å². The quantitative estimate of drug-likeness (QED) is 0.737. The maximum absolute atomic E-state index is 8.73. The van der Waals surface area contributed by atoms with Crippen LogP contribution in [0.5, 0.6) is 0 Å². The minimum absolute atomic E-state index is 0.487. The highest BCUT2D eigenvalue weighted by atomic mass is 14.9. The van der Waals surface area contributed by atoms with Gasteiger partial charge in [-0.1, -0.05) is 50.5 Å².